The van der Waals surface area contributed by atoms with Crippen molar-refractivity contribution in [3.8, 4) is 0 Å². The molecule has 1 atom stereocenters. The molecule has 3 heterocycles. The number of carbonyl (C=O) groups excluding carboxylic acids is 1. The first-order valence-corrected chi connectivity index (χ1v) is 8.17. The molecular formula is C16H23N5O2. The van der Waals surface area contributed by atoms with E-state index in [2.05, 4.69) is 40.1 Å². The van der Waals surface area contributed by atoms with Crippen molar-refractivity contribution in [3.05, 3.63) is 18.1 Å². The molecule has 3 rings (SSSR count). The van der Waals surface area contributed by atoms with Crippen LogP contribution in [0, 0.1) is 5.41 Å². The average molecular weight is 317 g/mol. The minimum Gasteiger partial charge on any atom is -0.469 e. The molecule has 23 heavy (non-hydrogen) atoms. The smallest absolute Gasteiger partial charge is 0.313 e. The van der Waals surface area contributed by atoms with E-state index in [-0.39, 0.29) is 5.97 Å². The SMILES string of the molecule is CCc1cc(N2CCCC(CC)(C(=O)OC)C2)c2nncn2n1. The Labute approximate surface area is 135 Å². The van der Waals surface area contributed by atoms with Gasteiger partial charge in [-0.3, -0.25) is 4.79 Å². The number of carbonyl (C=O) groups is 1. The van der Waals surface area contributed by atoms with Crippen LogP contribution < -0.4 is 4.90 Å². The molecule has 0 spiro atoms. The van der Waals surface area contributed by atoms with Crippen LogP contribution in [0.15, 0.2) is 12.4 Å². The standard InChI is InChI=1S/C16H23N5O2/c1-4-12-9-13(14-18-17-11-21(14)19-12)20-8-6-7-16(5-2,10-20)15(22)23-3/h9,11H,4-8,10H2,1-3H3. The van der Waals surface area contributed by atoms with Crippen molar-refractivity contribution >= 4 is 17.3 Å². The van der Waals surface area contributed by atoms with Crippen LogP contribution in [0.4, 0.5) is 5.69 Å². The summed E-state index contributed by atoms with van der Waals surface area (Å²) in [6.07, 6.45) is 5.04. The van der Waals surface area contributed by atoms with Gasteiger partial charge in [-0.15, -0.1) is 10.2 Å². The van der Waals surface area contributed by atoms with Crippen LogP contribution >= 0.6 is 0 Å². The lowest BCUT2D eigenvalue weighted by Crippen LogP contribution is -2.48. The van der Waals surface area contributed by atoms with Gasteiger partial charge in [0.1, 0.15) is 6.33 Å². The molecule has 124 valence electrons. The van der Waals surface area contributed by atoms with E-state index in [0.29, 0.717) is 6.54 Å². The molecule has 0 saturated carbocycles. The Bertz CT molecular complexity index is 714. The molecule has 0 bridgehead atoms. The van der Waals surface area contributed by atoms with Crippen molar-refractivity contribution in [2.45, 2.75) is 39.5 Å². The van der Waals surface area contributed by atoms with Gasteiger partial charge < -0.3 is 9.64 Å². The topological polar surface area (TPSA) is 72.6 Å². The molecule has 7 heteroatoms. The zero-order valence-electron chi connectivity index (χ0n) is 13.9. The van der Waals surface area contributed by atoms with Crippen molar-refractivity contribution in [2.75, 3.05) is 25.1 Å². The lowest BCUT2D eigenvalue weighted by Gasteiger charge is -2.41. The fourth-order valence-electron chi connectivity index (χ4n) is 3.42. The Morgan fingerprint density at radius 1 is 1.43 bits per heavy atom. The Balaban J connectivity index is 2.01. The lowest BCUT2D eigenvalue weighted by atomic mass is 9.77. The highest BCUT2D eigenvalue weighted by Gasteiger charge is 2.42. The maximum Gasteiger partial charge on any atom is 0.313 e. The zero-order valence-corrected chi connectivity index (χ0v) is 13.9. The van der Waals surface area contributed by atoms with E-state index >= 15 is 0 Å². The van der Waals surface area contributed by atoms with Crippen molar-refractivity contribution in [2.24, 2.45) is 5.41 Å². The molecule has 1 aliphatic heterocycles. The highest BCUT2D eigenvalue weighted by molar-refractivity contribution is 5.79. The molecule has 1 saturated heterocycles. The van der Waals surface area contributed by atoms with Gasteiger partial charge in [0.15, 0.2) is 0 Å². The third-order valence-electron chi connectivity index (χ3n) is 4.87. The van der Waals surface area contributed by atoms with Gasteiger partial charge >= 0.3 is 5.97 Å². The summed E-state index contributed by atoms with van der Waals surface area (Å²) in [5.41, 5.74) is 2.27. The number of ether oxygens (including phenoxy) is 1. The molecule has 0 N–H and O–H groups in total. The molecule has 0 radical (unpaired) electrons. The first-order valence-electron chi connectivity index (χ1n) is 8.17. The van der Waals surface area contributed by atoms with E-state index in [1.54, 1.807) is 10.8 Å². The van der Waals surface area contributed by atoms with Crippen LogP contribution in [0.25, 0.3) is 5.65 Å². The van der Waals surface area contributed by atoms with Crippen molar-refractivity contribution in [1.82, 2.24) is 19.8 Å². The molecule has 0 aromatic carbocycles. The fourth-order valence-corrected chi connectivity index (χ4v) is 3.42. The highest BCUT2D eigenvalue weighted by atomic mass is 16.5. The summed E-state index contributed by atoms with van der Waals surface area (Å²) in [4.78, 5) is 14.6. The maximum atomic E-state index is 12.3. The minimum atomic E-state index is -0.445. The van der Waals surface area contributed by atoms with Gasteiger partial charge in [0.25, 0.3) is 0 Å². The number of aromatic nitrogens is 4. The Morgan fingerprint density at radius 3 is 2.96 bits per heavy atom. The number of methoxy groups -OCH3 is 1. The Morgan fingerprint density at radius 2 is 2.26 bits per heavy atom. The summed E-state index contributed by atoms with van der Waals surface area (Å²) in [6.45, 7) is 5.67. The van der Waals surface area contributed by atoms with Crippen LogP contribution in [0.2, 0.25) is 0 Å². The van der Waals surface area contributed by atoms with E-state index in [9.17, 15) is 4.79 Å². The van der Waals surface area contributed by atoms with Gasteiger partial charge in [-0.1, -0.05) is 13.8 Å². The minimum absolute atomic E-state index is 0.119. The average Bonchev–Trinajstić information content (AvgIpc) is 3.08. The number of esters is 1. The summed E-state index contributed by atoms with van der Waals surface area (Å²) in [6, 6.07) is 2.06. The van der Waals surface area contributed by atoms with Crippen LogP contribution in [0.3, 0.4) is 0 Å². The Hall–Kier alpha value is -2.18. The molecule has 1 unspecified atom stereocenters. The predicted molar refractivity (Wildman–Crippen MR) is 86.3 cm³/mol. The van der Waals surface area contributed by atoms with Crippen molar-refractivity contribution in [3.63, 3.8) is 0 Å². The maximum absolute atomic E-state index is 12.3. The van der Waals surface area contributed by atoms with Crippen molar-refractivity contribution < 1.29 is 9.53 Å². The summed E-state index contributed by atoms with van der Waals surface area (Å²) < 4.78 is 6.79. The first-order chi connectivity index (χ1) is 11.1. The summed E-state index contributed by atoms with van der Waals surface area (Å²) >= 11 is 0. The Kier molecular flexibility index (Phi) is 4.19. The number of aryl methyl sites for hydroxylation is 1. The number of piperidine rings is 1. The lowest BCUT2D eigenvalue weighted by molar-refractivity contribution is -0.153. The second-order valence-corrected chi connectivity index (χ2v) is 6.12. The number of hydrogen-bond donors (Lipinski definition) is 0. The van der Waals surface area contributed by atoms with Gasteiger partial charge in [-0.25, -0.2) is 0 Å². The molecule has 1 fully saturated rings. The van der Waals surface area contributed by atoms with Crippen molar-refractivity contribution in [1.29, 1.82) is 0 Å². The van der Waals surface area contributed by atoms with Crippen LogP contribution in [0.1, 0.15) is 38.8 Å². The third kappa shape index (κ3) is 2.64. The molecule has 0 aliphatic carbocycles. The van der Waals surface area contributed by atoms with Crippen LogP contribution in [-0.2, 0) is 16.0 Å². The predicted octanol–water partition coefficient (Wildman–Crippen LogP) is 1.86. The molecular weight excluding hydrogens is 294 g/mol. The number of hydrogen-bond acceptors (Lipinski definition) is 6. The van der Waals surface area contributed by atoms with E-state index < -0.39 is 5.41 Å². The molecule has 1 aliphatic rings. The van der Waals surface area contributed by atoms with Gasteiger partial charge in [-0.2, -0.15) is 9.61 Å². The molecule has 7 nitrogen and oxygen atoms in total. The number of fused-ring (bicyclic) bond motifs is 1. The van der Waals surface area contributed by atoms with Gasteiger partial charge in [0.2, 0.25) is 5.65 Å². The van der Waals surface area contributed by atoms with Gasteiger partial charge in [0.05, 0.1) is 23.9 Å². The summed E-state index contributed by atoms with van der Waals surface area (Å²) in [5.74, 6) is -0.119. The van der Waals surface area contributed by atoms with E-state index in [1.165, 1.54) is 7.11 Å². The quantitative estimate of drug-likeness (QED) is 0.801. The monoisotopic (exact) mass is 317 g/mol. The van der Waals surface area contributed by atoms with E-state index in [4.69, 9.17) is 4.74 Å². The molecule has 2 aromatic rings. The molecule has 2 aromatic heterocycles. The van der Waals surface area contributed by atoms with Gasteiger partial charge in [-0.05, 0) is 31.7 Å². The summed E-state index contributed by atoms with van der Waals surface area (Å²) in [7, 11) is 1.47. The normalized spacial score (nSPS) is 21.6. The first kappa shape index (κ1) is 15.7. The third-order valence-corrected chi connectivity index (χ3v) is 4.87. The number of anilines is 1. The summed E-state index contributed by atoms with van der Waals surface area (Å²) in [5, 5.41) is 12.7. The largest absolute Gasteiger partial charge is 0.469 e. The van der Waals surface area contributed by atoms with Crippen LogP contribution in [0.5, 0.6) is 0 Å². The number of rotatable bonds is 4. The van der Waals surface area contributed by atoms with E-state index in [1.807, 2.05) is 0 Å². The second-order valence-electron chi connectivity index (χ2n) is 6.12. The van der Waals surface area contributed by atoms with Gasteiger partial charge in [0, 0.05) is 13.1 Å². The fraction of sp³-hybridized carbons (Fsp3) is 0.625. The zero-order chi connectivity index (χ0) is 16.4. The number of nitrogens with zero attached hydrogens (tertiary/aromatic N) is 5. The molecule has 0 amide bonds. The second kappa shape index (κ2) is 6.14. The van der Waals surface area contributed by atoms with Crippen LogP contribution in [-0.4, -0.2) is 46.0 Å². The highest BCUT2D eigenvalue weighted by Crippen LogP contribution is 2.37. The van der Waals surface area contributed by atoms with E-state index in [0.717, 1.165) is 49.3 Å².